The summed E-state index contributed by atoms with van der Waals surface area (Å²) in [5, 5.41) is 15.0. The van der Waals surface area contributed by atoms with E-state index >= 15 is 0 Å². The maximum atomic E-state index is 12.6. The fourth-order valence-corrected chi connectivity index (χ4v) is 2.64. The Labute approximate surface area is 153 Å². The number of nitrogens with zero attached hydrogens (tertiary/aromatic N) is 2. The zero-order valence-electron chi connectivity index (χ0n) is 16.3. The molecule has 0 aromatic carbocycles. The lowest BCUT2D eigenvalue weighted by Gasteiger charge is -2.23. The van der Waals surface area contributed by atoms with E-state index in [0.717, 1.165) is 17.9 Å². The van der Waals surface area contributed by atoms with Crippen molar-refractivity contribution in [1.29, 1.82) is 0 Å². The van der Waals surface area contributed by atoms with Gasteiger partial charge in [-0.05, 0) is 52.2 Å². The van der Waals surface area contributed by atoms with Crippen LogP contribution >= 0.6 is 0 Å². The Balaban J connectivity index is 2.54. The lowest BCUT2D eigenvalue weighted by Crippen LogP contribution is -2.38. The van der Waals surface area contributed by atoms with E-state index in [2.05, 4.69) is 45.3 Å². The van der Waals surface area contributed by atoms with Gasteiger partial charge >= 0.3 is 5.97 Å². The Morgan fingerprint density at radius 1 is 1.27 bits per heavy atom. The Hall–Kier alpha value is -2.57. The van der Waals surface area contributed by atoms with Gasteiger partial charge in [-0.2, -0.15) is 0 Å². The molecule has 26 heavy (non-hydrogen) atoms. The average Bonchev–Trinajstić information content (AvgIpc) is 2.82. The quantitative estimate of drug-likeness (QED) is 0.736. The summed E-state index contributed by atoms with van der Waals surface area (Å²) >= 11 is 0. The van der Waals surface area contributed by atoms with Crippen LogP contribution in [0.5, 0.6) is 0 Å². The van der Waals surface area contributed by atoms with Gasteiger partial charge in [-0.1, -0.05) is 13.8 Å². The molecule has 1 amide bonds. The SMILES string of the molecule is CC(C)Cc1nc2c(C(=O)NC(C)C(=O)O)cccn2c1NC(C)(C)C. The van der Waals surface area contributed by atoms with Gasteiger partial charge in [0.25, 0.3) is 5.91 Å². The van der Waals surface area contributed by atoms with E-state index in [0.29, 0.717) is 17.1 Å². The number of aromatic nitrogens is 2. The van der Waals surface area contributed by atoms with Crippen LogP contribution in [0, 0.1) is 5.92 Å². The monoisotopic (exact) mass is 360 g/mol. The van der Waals surface area contributed by atoms with Gasteiger partial charge < -0.3 is 15.7 Å². The summed E-state index contributed by atoms with van der Waals surface area (Å²) in [5.74, 6) is -0.259. The van der Waals surface area contributed by atoms with Crippen molar-refractivity contribution < 1.29 is 14.7 Å². The van der Waals surface area contributed by atoms with Gasteiger partial charge in [0.15, 0.2) is 5.65 Å². The van der Waals surface area contributed by atoms with Crippen molar-refractivity contribution in [3.63, 3.8) is 0 Å². The first kappa shape index (κ1) is 19.8. The van der Waals surface area contributed by atoms with Gasteiger partial charge in [0.1, 0.15) is 11.9 Å². The molecular formula is C19H28N4O3. The number of pyridine rings is 1. The number of aliphatic carboxylic acids is 1. The normalized spacial score (nSPS) is 13.0. The Kier molecular flexibility index (Phi) is 5.59. The Morgan fingerprint density at radius 2 is 1.92 bits per heavy atom. The second kappa shape index (κ2) is 7.35. The molecule has 0 bridgehead atoms. The van der Waals surface area contributed by atoms with E-state index in [-0.39, 0.29) is 5.54 Å². The first-order chi connectivity index (χ1) is 12.0. The molecule has 7 heteroatoms. The molecule has 2 heterocycles. The van der Waals surface area contributed by atoms with Crippen molar-refractivity contribution in [2.45, 2.75) is 59.5 Å². The smallest absolute Gasteiger partial charge is 0.325 e. The summed E-state index contributed by atoms with van der Waals surface area (Å²) < 4.78 is 1.86. The third kappa shape index (κ3) is 4.53. The number of fused-ring (bicyclic) bond motifs is 1. The number of hydrogen-bond donors (Lipinski definition) is 3. The van der Waals surface area contributed by atoms with Crippen LogP contribution in [-0.4, -0.2) is 37.9 Å². The molecule has 0 saturated heterocycles. The van der Waals surface area contributed by atoms with Crippen LogP contribution in [0.1, 0.15) is 57.6 Å². The number of anilines is 1. The molecule has 2 aromatic heterocycles. The molecular weight excluding hydrogens is 332 g/mol. The number of rotatable bonds is 6. The second-order valence-corrected chi connectivity index (χ2v) is 8.03. The third-order valence-corrected chi connectivity index (χ3v) is 3.78. The van der Waals surface area contributed by atoms with E-state index < -0.39 is 17.9 Å². The molecule has 1 unspecified atom stereocenters. The van der Waals surface area contributed by atoms with Crippen molar-refractivity contribution >= 4 is 23.3 Å². The average molecular weight is 360 g/mol. The molecule has 0 aliphatic rings. The van der Waals surface area contributed by atoms with Crippen LogP contribution in [0.4, 0.5) is 5.82 Å². The predicted molar refractivity (Wildman–Crippen MR) is 102 cm³/mol. The molecule has 2 rings (SSSR count). The van der Waals surface area contributed by atoms with Gasteiger partial charge in [0.05, 0.1) is 11.3 Å². The molecule has 0 aliphatic heterocycles. The largest absolute Gasteiger partial charge is 0.480 e. The van der Waals surface area contributed by atoms with E-state index in [1.54, 1.807) is 12.1 Å². The summed E-state index contributed by atoms with van der Waals surface area (Å²) in [4.78, 5) is 28.3. The fraction of sp³-hybridized carbons (Fsp3) is 0.526. The van der Waals surface area contributed by atoms with Gasteiger partial charge in [-0.25, -0.2) is 4.98 Å². The van der Waals surface area contributed by atoms with Crippen LogP contribution in [-0.2, 0) is 11.2 Å². The molecule has 0 fully saturated rings. The number of nitrogens with one attached hydrogen (secondary N) is 2. The minimum Gasteiger partial charge on any atom is -0.480 e. The summed E-state index contributed by atoms with van der Waals surface area (Å²) in [5.41, 5.74) is 1.59. The number of carbonyl (C=O) groups is 2. The molecule has 3 N–H and O–H groups in total. The van der Waals surface area contributed by atoms with Crippen LogP contribution in [0.2, 0.25) is 0 Å². The summed E-state index contributed by atoms with van der Waals surface area (Å²) in [6.07, 6.45) is 2.63. The standard InChI is InChI=1S/C19H28N4O3/c1-11(2)10-14-16(22-19(4,5)6)23-9-7-8-13(15(23)21-14)17(24)20-12(3)18(25)26/h7-9,11-12,22H,10H2,1-6H3,(H,20,24)(H,25,26). The highest BCUT2D eigenvalue weighted by Crippen LogP contribution is 2.26. The fourth-order valence-electron chi connectivity index (χ4n) is 2.64. The minimum atomic E-state index is -1.08. The number of hydrogen-bond acceptors (Lipinski definition) is 4. The Bertz CT molecular complexity index is 818. The van der Waals surface area contributed by atoms with Crippen molar-refractivity contribution in [3.8, 4) is 0 Å². The van der Waals surface area contributed by atoms with Gasteiger partial charge in [0, 0.05) is 11.7 Å². The maximum absolute atomic E-state index is 12.6. The maximum Gasteiger partial charge on any atom is 0.325 e. The van der Waals surface area contributed by atoms with E-state index in [1.165, 1.54) is 6.92 Å². The number of carboxylic acid groups (broad SMARTS) is 1. The molecule has 142 valence electrons. The van der Waals surface area contributed by atoms with E-state index in [1.807, 2.05) is 10.6 Å². The Morgan fingerprint density at radius 3 is 2.46 bits per heavy atom. The van der Waals surface area contributed by atoms with E-state index in [9.17, 15) is 9.59 Å². The summed E-state index contributed by atoms with van der Waals surface area (Å²) in [7, 11) is 0. The van der Waals surface area contributed by atoms with Crippen LogP contribution in [0.15, 0.2) is 18.3 Å². The highest BCUT2D eigenvalue weighted by molar-refractivity contribution is 6.01. The predicted octanol–water partition coefficient (Wildman–Crippen LogP) is 2.95. The van der Waals surface area contributed by atoms with Gasteiger partial charge in [-0.3, -0.25) is 14.0 Å². The van der Waals surface area contributed by atoms with Crippen molar-refractivity contribution in [2.75, 3.05) is 5.32 Å². The van der Waals surface area contributed by atoms with Crippen LogP contribution < -0.4 is 10.6 Å². The molecule has 1 atom stereocenters. The zero-order chi connectivity index (χ0) is 19.6. The summed E-state index contributed by atoms with van der Waals surface area (Å²) in [6.45, 7) is 11.9. The number of carboxylic acids is 1. The number of carbonyl (C=O) groups excluding carboxylic acids is 1. The second-order valence-electron chi connectivity index (χ2n) is 8.03. The zero-order valence-corrected chi connectivity index (χ0v) is 16.3. The topological polar surface area (TPSA) is 95.7 Å². The number of amides is 1. The first-order valence-corrected chi connectivity index (χ1v) is 8.81. The van der Waals surface area contributed by atoms with Crippen LogP contribution in [0.3, 0.4) is 0 Å². The lowest BCUT2D eigenvalue weighted by atomic mass is 10.1. The summed E-state index contributed by atoms with van der Waals surface area (Å²) in [6, 6.07) is 2.45. The van der Waals surface area contributed by atoms with Crippen molar-refractivity contribution in [3.05, 3.63) is 29.6 Å². The molecule has 0 radical (unpaired) electrons. The molecule has 0 saturated carbocycles. The molecule has 0 spiro atoms. The highest BCUT2D eigenvalue weighted by Gasteiger charge is 2.23. The van der Waals surface area contributed by atoms with Gasteiger partial charge in [0.2, 0.25) is 0 Å². The molecule has 7 nitrogen and oxygen atoms in total. The lowest BCUT2D eigenvalue weighted by molar-refractivity contribution is -0.138. The molecule has 0 aliphatic carbocycles. The van der Waals surface area contributed by atoms with E-state index in [4.69, 9.17) is 10.1 Å². The minimum absolute atomic E-state index is 0.169. The first-order valence-electron chi connectivity index (χ1n) is 8.81. The van der Waals surface area contributed by atoms with Crippen molar-refractivity contribution in [1.82, 2.24) is 14.7 Å². The third-order valence-electron chi connectivity index (χ3n) is 3.78. The highest BCUT2D eigenvalue weighted by atomic mass is 16.4. The van der Waals surface area contributed by atoms with Crippen LogP contribution in [0.25, 0.3) is 5.65 Å². The number of imidazole rings is 1. The molecule has 2 aromatic rings. The van der Waals surface area contributed by atoms with Gasteiger partial charge in [-0.15, -0.1) is 0 Å². The van der Waals surface area contributed by atoms with Crippen molar-refractivity contribution in [2.24, 2.45) is 5.92 Å².